The topological polar surface area (TPSA) is 73.8 Å². The second-order valence-corrected chi connectivity index (χ2v) is 9.88. The molecule has 1 aliphatic heterocycles. The van der Waals surface area contributed by atoms with Gasteiger partial charge in [0, 0.05) is 32.2 Å². The van der Waals surface area contributed by atoms with Crippen LogP contribution in [-0.2, 0) is 10.0 Å². The van der Waals surface area contributed by atoms with E-state index in [9.17, 15) is 8.42 Å². The van der Waals surface area contributed by atoms with Crippen molar-refractivity contribution in [2.75, 3.05) is 31.9 Å². The highest BCUT2D eigenvalue weighted by Crippen LogP contribution is 2.28. The van der Waals surface area contributed by atoms with E-state index in [4.69, 9.17) is 4.99 Å². The summed E-state index contributed by atoms with van der Waals surface area (Å²) in [6.45, 7) is 6.71. The molecule has 0 amide bonds. The van der Waals surface area contributed by atoms with Crippen molar-refractivity contribution in [3.8, 4) is 0 Å². The third-order valence-electron chi connectivity index (χ3n) is 5.66. The first-order chi connectivity index (χ1) is 12.5. The summed E-state index contributed by atoms with van der Waals surface area (Å²) in [4.78, 5) is 4.72. The number of piperidine rings is 1. The van der Waals surface area contributed by atoms with Crippen molar-refractivity contribution in [3.63, 3.8) is 0 Å². The van der Waals surface area contributed by atoms with Crippen LogP contribution in [0.1, 0.15) is 71.6 Å². The van der Waals surface area contributed by atoms with Gasteiger partial charge in [0.1, 0.15) is 0 Å². The van der Waals surface area contributed by atoms with E-state index in [2.05, 4.69) is 17.6 Å². The predicted molar refractivity (Wildman–Crippen MR) is 124 cm³/mol. The third kappa shape index (κ3) is 8.85. The molecule has 1 saturated heterocycles. The Morgan fingerprint density at radius 2 is 1.74 bits per heavy atom. The van der Waals surface area contributed by atoms with Crippen molar-refractivity contribution >= 4 is 40.0 Å². The fraction of sp³-hybridized carbons (Fsp3) is 0.947. The lowest BCUT2D eigenvalue weighted by molar-refractivity contribution is 0.306. The van der Waals surface area contributed by atoms with Crippen LogP contribution in [0.2, 0.25) is 0 Å². The molecule has 0 aromatic carbocycles. The van der Waals surface area contributed by atoms with Gasteiger partial charge < -0.3 is 10.6 Å². The molecule has 0 bridgehead atoms. The largest absolute Gasteiger partial charge is 0.357 e. The summed E-state index contributed by atoms with van der Waals surface area (Å²) < 4.78 is 25.5. The Kier molecular flexibility index (Phi) is 12.2. The van der Waals surface area contributed by atoms with Gasteiger partial charge in [-0.15, -0.1) is 24.0 Å². The first-order valence-electron chi connectivity index (χ1n) is 10.6. The van der Waals surface area contributed by atoms with Gasteiger partial charge in [-0.25, -0.2) is 12.7 Å². The molecule has 0 atom stereocenters. The van der Waals surface area contributed by atoms with Gasteiger partial charge in [-0.1, -0.05) is 38.5 Å². The van der Waals surface area contributed by atoms with Gasteiger partial charge in [0.25, 0.3) is 0 Å². The molecule has 0 spiro atoms. The summed E-state index contributed by atoms with van der Waals surface area (Å²) in [5, 5.41) is 6.82. The fourth-order valence-electron chi connectivity index (χ4n) is 4.01. The highest BCUT2D eigenvalue weighted by molar-refractivity contribution is 14.0. The summed E-state index contributed by atoms with van der Waals surface area (Å²) in [7, 11) is -3.05. The van der Waals surface area contributed by atoms with Crippen LogP contribution in [0, 0.1) is 5.92 Å². The lowest BCUT2D eigenvalue weighted by Gasteiger charge is -2.32. The van der Waals surface area contributed by atoms with Crippen molar-refractivity contribution in [3.05, 3.63) is 0 Å². The van der Waals surface area contributed by atoms with Gasteiger partial charge in [-0.2, -0.15) is 0 Å². The number of nitrogens with zero attached hydrogens (tertiary/aromatic N) is 2. The molecule has 2 fully saturated rings. The summed E-state index contributed by atoms with van der Waals surface area (Å²) in [6, 6.07) is 0.301. The lowest BCUT2D eigenvalue weighted by atomic mass is 10.0. The minimum Gasteiger partial charge on any atom is -0.357 e. The molecule has 6 nitrogen and oxygen atoms in total. The number of aliphatic imine (C=N–C) groups is 1. The van der Waals surface area contributed by atoms with E-state index in [-0.39, 0.29) is 29.7 Å². The predicted octanol–water partition coefficient (Wildman–Crippen LogP) is 3.33. The number of hydrogen-bond acceptors (Lipinski definition) is 3. The molecular formula is C19H39IN4O2S. The summed E-state index contributed by atoms with van der Waals surface area (Å²) in [5.41, 5.74) is 0. The van der Waals surface area contributed by atoms with Crippen LogP contribution in [0.5, 0.6) is 0 Å². The highest BCUT2D eigenvalue weighted by atomic mass is 127. The number of rotatable bonds is 9. The zero-order valence-electron chi connectivity index (χ0n) is 17.1. The number of guanidine groups is 1. The van der Waals surface area contributed by atoms with E-state index in [1.165, 1.54) is 38.5 Å². The summed E-state index contributed by atoms with van der Waals surface area (Å²) in [6.07, 6.45) is 11.2. The zero-order valence-corrected chi connectivity index (χ0v) is 20.2. The van der Waals surface area contributed by atoms with Crippen LogP contribution < -0.4 is 10.6 Å². The minimum atomic E-state index is -3.05. The number of unbranched alkanes of at least 4 members (excludes halogenated alkanes) is 1. The average Bonchev–Trinajstić information content (AvgIpc) is 3.15. The Balaban J connectivity index is 0.00000364. The van der Waals surface area contributed by atoms with Crippen molar-refractivity contribution in [2.24, 2.45) is 10.9 Å². The summed E-state index contributed by atoms with van der Waals surface area (Å²) >= 11 is 0. The lowest BCUT2D eigenvalue weighted by Crippen LogP contribution is -2.50. The summed E-state index contributed by atoms with van der Waals surface area (Å²) in [5.74, 6) is 2.04. The Hall–Kier alpha value is -0.0900. The molecule has 1 heterocycles. The standard InChI is InChI=1S/C19H38N4O2S.HI/c1-3-20-19(21-14-8-7-11-17-9-5-6-10-17)22-18-12-15-23(16-13-18)26(24,25)4-2;/h17-18H,3-16H2,1-2H3,(H2,20,21,22);1H. The van der Waals surface area contributed by atoms with Crippen LogP contribution in [0.3, 0.4) is 0 Å². The Morgan fingerprint density at radius 1 is 1.07 bits per heavy atom. The van der Waals surface area contributed by atoms with E-state index >= 15 is 0 Å². The maximum absolute atomic E-state index is 12.0. The van der Waals surface area contributed by atoms with Gasteiger partial charge in [0.2, 0.25) is 10.0 Å². The zero-order chi connectivity index (χ0) is 18.8. The normalized spacial score (nSPS) is 20.4. The average molecular weight is 515 g/mol. The van der Waals surface area contributed by atoms with Crippen LogP contribution in [0.25, 0.3) is 0 Å². The maximum atomic E-state index is 12.0. The Bertz CT molecular complexity index is 528. The SMILES string of the molecule is CCNC(=NCCCCC1CCCC1)NC1CCN(S(=O)(=O)CC)CC1.I. The van der Waals surface area contributed by atoms with E-state index in [0.717, 1.165) is 44.2 Å². The molecule has 160 valence electrons. The molecule has 1 aliphatic carbocycles. The van der Waals surface area contributed by atoms with Gasteiger partial charge in [0.05, 0.1) is 5.75 Å². The molecular weight excluding hydrogens is 475 g/mol. The molecule has 2 aliphatic rings. The van der Waals surface area contributed by atoms with Crippen molar-refractivity contribution in [1.29, 1.82) is 0 Å². The van der Waals surface area contributed by atoms with Gasteiger partial charge >= 0.3 is 0 Å². The minimum absolute atomic E-state index is 0. The Labute approximate surface area is 183 Å². The molecule has 27 heavy (non-hydrogen) atoms. The number of sulfonamides is 1. The van der Waals surface area contributed by atoms with Crippen LogP contribution in [-0.4, -0.2) is 56.7 Å². The van der Waals surface area contributed by atoms with Gasteiger partial charge in [0.15, 0.2) is 5.96 Å². The first-order valence-corrected chi connectivity index (χ1v) is 12.2. The monoisotopic (exact) mass is 514 g/mol. The van der Waals surface area contributed by atoms with E-state index in [1.807, 2.05) is 0 Å². The van der Waals surface area contributed by atoms with Crippen molar-refractivity contribution in [2.45, 2.75) is 77.7 Å². The second-order valence-electron chi connectivity index (χ2n) is 7.63. The highest BCUT2D eigenvalue weighted by Gasteiger charge is 2.26. The van der Waals surface area contributed by atoms with Crippen molar-refractivity contribution < 1.29 is 8.42 Å². The van der Waals surface area contributed by atoms with E-state index in [1.54, 1.807) is 11.2 Å². The molecule has 0 radical (unpaired) electrons. The van der Waals surface area contributed by atoms with E-state index < -0.39 is 10.0 Å². The van der Waals surface area contributed by atoms with Crippen molar-refractivity contribution in [1.82, 2.24) is 14.9 Å². The number of hydrogen-bond donors (Lipinski definition) is 2. The first kappa shape index (κ1) is 24.9. The quantitative estimate of drug-likeness (QED) is 0.214. The fourth-order valence-corrected chi connectivity index (χ4v) is 5.14. The third-order valence-corrected chi connectivity index (χ3v) is 7.54. The molecule has 1 saturated carbocycles. The molecule has 0 unspecified atom stereocenters. The van der Waals surface area contributed by atoms with E-state index in [0.29, 0.717) is 19.1 Å². The molecule has 0 aromatic heterocycles. The molecule has 2 rings (SSSR count). The Morgan fingerprint density at radius 3 is 2.33 bits per heavy atom. The van der Waals surface area contributed by atoms with Gasteiger partial charge in [-0.05, 0) is 39.0 Å². The van der Waals surface area contributed by atoms with Crippen LogP contribution in [0.15, 0.2) is 4.99 Å². The maximum Gasteiger partial charge on any atom is 0.213 e. The van der Waals surface area contributed by atoms with Gasteiger partial charge in [-0.3, -0.25) is 4.99 Å². The number of nitrogens with one attached hydrogen (secondary N) is 2. The van der Waals surface area contributed by atoms with Crippen LogP contribution >= 0.6 is 24.0 Å². The smallest absolute Gasteiger partial charge is 0.213 e. The number of halogens is 1. The molecule has 2 N–H and O–H groups in total. The molecule has 0 aromatic rings. The second kappa shape index (κ2) is 13.2. The molecule has 8 heteroatoms. The van der Waals surface area contributed by atoms with Crippen LogP contribution in [0.4, 0.5) is 0 Å².